The number of rotatable bonds is 5. The lowest BCUT2D eigenvalue weighted by Crippen LogP contribution is -2.18. The van der Waals surface area contributed by atoms with Gasteiger partial charge in [-0.2, -0.15) is 0 Å². The second-order valence-electron chi connectivity index (χ2n) is 5.35. The third-order valence-corrected chi connectivity index (χ3v) is 2.46. The van der Waals surface area contributed by atoms with Gasteiger partial charge in [0.05, 0.1) is 0 Å². The molecule has 3 nitrogen and oxygen atoms in total. The van der Waals surface area contributed by atoms with Gasteiger partial charge < -0.3 is 14.9 Å². The van der Waals surface area contributed by atoms with Crippen LogP contribution in [-0.2, 0) is 4.74 Å². The van der Waals surface area contributed by atoms with Crippen molar-refractivity contribution in [1.29, 1.82) is 0 Å². The Kier molecular flexibility index (Phi) is 4.56. The number of hydrogen-bond donors (Lipinski definition) is 1. The molecule has 1 aromatic heterocycles. The van der Waals surface area contributed by atoms with E-state index in [0.717, 1.165) is 17.9 Å². The molecule has 0 fully saturated rings. The van der Waals surface area contributed by atoms with E-state index < -0.39 is 0 Å². The lowest BCUT2D eigenvalue weighted by Gasteiger charge is -2.20. The largest absolute Gasteiger partial charge is 0.464 e. The van der Waals surface area contributed by atoms with Gasteiger partial charge in [-0.3, -0.25) is 0 Å². The monoisotopic (exact) mass is 225 g/mol. The summed E-state index contributed by atoms with van der Waals surface area (Å²) in [6.07, 6.45) is 0.902. The van der Waals surface area contributed by atoms with Crippen LogP contribution >= 0.6 is 0 Å². The van der Waals surface area contributed by atoms with Gasteiger partial charge in [0.15, 0.2) is 0 Å². The summed E-state index contributed by atoms with van der Waals surface area (Å²) >= 11 is 0. The van der Waals surface area contributed by atoms with Crippen molar-refractivity contribution in [2.45, 2.75) is 40.2 Å². The zero-order chi connectivity index (χ0) is 12.2. The normalized spacial score (nSPS) is 14.1. The smallest absolute Gasteiger partial charge is 0.134 e. The molecule has 1 unspecified atom stereocenters. The quantitative estimate of drug-likeness (QED) is 0.838. The molecule has 0 aliphatic rings. The summed E-state index contributed by atoms with van der Waals surface area (Å²) in [7, 11) is 0. The number of ether oxygens (including phenoxy) is 1. The van der Waals surface area contributed by atoms with Gasteiger partial charge in [0, 0.05) is 13.2 Å². The fraction of sp³-hybridized carbons (Fsp3) is 0.692. The number of hydrogen-bond acceptors (Lipinski definition) is 3. The molecule has 0 spiro atoms. The molecule has 0 aromatic carbocycles. The van der Waals surface area contributed by atoms with Crippen LogP contribution in [0.4, 0.5) is 0 Å². The van der Waals surface area contributed by atoms with E-state index in [-0.39, 0.29) is 11.5 Å². The third kappa shape index (κ3) is 4.37. The van der Waals surface area contributed by atoms with Crippen LogP contribution < -0.4 is 5.73 Å². The molecule has 16 heavy (non-hydrogen) atoms. The highest BCUT2D eigenvalue weighted by Gasteiger charge is 2.16. The van der Waals surface area contributed by atoms with Crippen LogP contribution in [0.1, 0.15) is 44.8 Å². The molecular formula is C13H23NO2. The Labute approximate surface area is 98.0 Å². The average molecular weight is 225 g/mol. The van der Waals surface area contributed by atoms with E-state index in [4.69, 9.17) is 14.9 Å². The zero-order valence-electron chi connectivity index (χ0n) is 10.7. The topological polar surface area (TPSA) is 48.4 Å². The van der Waals surface area contributed by atoms with Gasteiger partial charge in [-0.15, -0.1) is 0 Å². The summed E-state index contributed by atoms with van der Waals surface area (Å²) in [6.45, 7) is 9.69. The van der Waals surface area contributed by atoms with E-state index in [1.807, 2.05) is 19.1 Å². The van der Waals surface area contributed by atoms with Gasteiger partial charge in [0.2, 0.25) is 0 Å². The molecule has 92 valence electrons. The molecule has 0 amide bonds. The highest BCUT2D eigenvalue weighted by Crippen LogP contribution is 2.22. The second-order valence-corrected chi connectivity index (χ2v) is 5.35. The van der Waals surface area contributed by atoms with Crippen molar-refractivity contribution in [1.82, 2.24) is 0 Å². The minimum absolute atomic E-state index is 0.115. The molecule has 1 aromatic rings. The molecule has 1 heterocycles. The van der Waals surface area contributed by atoms with Crippen LogP contribution in [0.2, 0.25) is 0 Å². The number of furan rings is 1. The van der Waals surface area contributed by atoms with E-state index in [1.165, 1.54) is 0 Å². The van der Waals surface area contributed by atoms with E-state index in [9.17, 15) is 0 Å². The van der Waals surface area contributed by atoms with Crippen molar-refractivity contribution in [3.63, 3.8) is 0 Å². The van der Waals surface area contributed by atoms with E-state index in [0.29, 0.717) is 13.2 Å². The molecule has 1 rings (SSSR count). The summed E-state index contributed by atoms with van der Waals surface area (Å²) in [5, 5.41) is 0. The predicted octanol–water partition coefficient (Wildman–Crippen LogP) is 3.04. The molecule has 0 aliphatic heterocycles. The molecule has 0 saturated heterocycles. The van der Waals surface area contributed by atoms with Crippen molar-refractivity contribution < 1.29 is 9.15 Å². The van der Waals surface area contributed by atoms with Crippen LogP contribution in [0.25, 0.3) is 0 Å². The van der Waals surface area contributed by atoms with Crippen molar-refractivity contribution in [3.8, 4) is 0 Å². The van der Waals surface area contributed by atoms with E-state index >= 15 is 0 Å². The summed E-state index contributed by atoms with van der Waals surface area (Å²) in [4.78, 5) is 0. The predicted molar refractivity (Wildman–Crippen MR) is 65.3 cm³/mol. The molecule has 3 heteroatoms. The molecular weight excluding hydrogens is 202 g/mol. The molecule has 2 N–H and O–H groups in total. The van der Waals surface area contributed by atoms with Crippen molar-refractivity contribution >= 4 is 0 Å². The van der Waals surface area contributed by atoms with Crippen LogP contribution in [-0.4, -0.2) is 13.2 Å². The average Bonchev–Trinajstić information content (AvgIpc) is 2.58. The van der Waals surface area contributed by atoms with Gasteiger partial charge in [-0.25, -0.2) is 0 Å². The summed E-state index contributed by atoms with van der Waals surface area (Å²) in [5.74, 6) is 1.72. The Hall–Kier alpha value is -0.800. The number of nitrogens with two attached hydrogens (primary N) is 1. The van der Waals surface area contributed by atoms with Crippen LogP contribution in [0.3, 0.4) is 0 Å². The van der Waals surface area contributed by atoms with Crippen molar-refractivity contribution in [3.05, 3.63) is 23.7 Å². The first-order chi connectivity index (χ1) is 7.42. The molecule has 0 bridgehead atoms. The summed E-state index contributed by atoms with van der Waals surface area (Å²) in [6, 6.07) is 3.87. The Morgan fingerprint density at radius 2 is 2.06 bits per heavy atom. The first-order valence-corrected chi connectivity index (χ1v) is 5.80. The van der Waals surface area contributed by atoms with Gasteiger partial charge in [-0.1, -0.05) is 20.8 Å². The van der Waals surface area contributed by atoms with E-state index in [1.54, 1.807) is 0 Å². The highest BCUT2D eigenvalue weighted by molar-refractivity contribution is 5.08. The first-order valence-electron chi connectivity index (χ1n) is 5.80. The van der Waals surface area contributed by atoms with Crippen molar-refractivity contribution in [2.24, 2.45) is 11.1 Å². The fourth-order valence-corrected chi connectivity index (χ4v) is 1.40. The molecule has 1 atom stereocenters. The third-order valence-electron chi connectivity index (χ3n) is 2.46. The molecule has 0 saturated carbocycles. The Balaban J connectivity index is 2.44. The van der Waals surface area contributed by atoms with Gasteiger partial charge in [0.1, 0.15) is 17.6 Å². The van der Waals surface area contributed by atoms with Crippen LogP contribution in [0, 0.1) is 12.3 Å². The van der Waals surface area contributed by atoms with Crippen LogP contribution in [0.15, 0.2) is 16.5 Å². The van der Waals surface area contributed by atoms with Gasteiger partial charge >= 0.3 is 0 Å². The Morgan fingerprint density at radius 3 is 2.50 bits per heavy atom. The Morgan fingerprint density at radius 1 is 1.38 bits per heavy atom. The van der Waals surface area contributed by atoms with Gasteiger partial charge in [-0.05, 0) is 30.9 Å². The lowest BCUT2D eigenvalue weighted by molar-refractivity contribution is 0.0288. The minimum atomic E-state index is -0.115. The maximum absolute atomic E-state index is 5.75. The molecule has 0 radical (unpaired) electrons. The van der Waals surface area contributed by atoms with Crippen molar-refractivity contribution in [2.75, 3.05) is 13.2 Å². The first kappa shape index (κ1) is 13.3. The summed E-state index contributed by atoms with van der Waals surface area (Å²) in [5.41, 5.74) is 5.97. The lowest BCUT2D eigenvalue weighted by atomic mass is 9.93. The standard InChI is InChI=1S/C13H23NO2/c1-10-5-6-11(16-10)12(9-14)15-8-7-13(2,3)4/h5-6,12H,7-9,14H2,1-4H3. The molecule has 0 aliphatic carbocycles. The summed E-state index contributed by atoms with van der Waals surface area (Å²) < 4.78 is 11.3. The Bertz CT molecular complexity index is 312. The van der Waals surface area contributed by atoms with Crippen LogP contribution in [0.5, 0.6) is 0 Å². The maximum atomic E-state index is 5.75. The second kappa shape index (κ2) is 5.51. The SMILES string of the molecule is Cc1ccc(C(CN)OCCC(C)(C)C)o1. The zero-order valence-corrected chi connectivity index (χ0v) is 10.7. The highest BCUT2D eigenvalue weighted by atomic mass is 16.5. The maximum Gasteiger partial charge on any atom is 0.134 e. The number of aryl methyl sites for hydroxylation is 1. The van der Waals surface area contributed by atoms with Gasteiger partial charge in [0.25, 0.3) is 0 Å². The van der Waals surface area contributed by atoms with E-state index in [2.05, 4.69) is 20.8 Å². The minimum Gasteiger partial charge on any atom is -0.464 e. The fourth-order valence-electron chi connectivity index (χ4n) is 1.40.